The first-order valence-corrected chi connectivity index (χ1v) is 6.66. The number of benzene rings is 2. The maximum absolute atomic E-state index is 13.7. The van der Waals surface area contributed by atoms with E-state index < -0.39 is 0 Å². The minimum absolute atomic E-state index is 0.0619. The molecule has 2 aromatic rings. The molecule has 0 fully saturated rings. The Morgan fingerprint density at radius 2 is 1.63 bits per heavy atom. The highest BCUT2D eigenvalue weighted by Gasteiger charge is 2.14. The summed E-state index contributed by atoms with van der Waals surface area (Å²) in [6.07, 6.45) is 0.393. The van der Waals surface area contributed by atoms with Gasteiger partial charge < -0.3 is 5.11 Å². The molecule has 0 bridgehead atoms. The average molecular weight is 299 g/mol. The standard InChI is InChI=1S/C15H13Cl2FO/c16-13-3-1-10(2-4-13)12(9-19)7-11-8-14(17)5-6-15(11)18/h1-6,8,12,19H,7,9H2. The third-order valence-electron chi connectivity index (χ3n) is 3.04. The van der Waals surface area contributed by atoms with Crippen molar-refractivity contribution in [2.24, 2.45) is 0 Å². The van der Waals surface area contributed by atoms with Gasteiger partial charge in [0.25, 0.3) is 0 Å². The average Bonchev–Trinajstić information content (AvgIpc) is 2.41. The first kappa shape index (κ1) is 14.3. The highest BCUT2D eigenvalue weighted by Crippen LogP contribution is 2.25. The van der Waals surface area contributed by atoms with Gasteiger partial charge in [0.1, 0.15) is 5.82 Å². The molecule has 1 N–H and O–H groups in total. The third kappa shape index (κ3) is 3.69. The van der Waals surface area contributed by atoms with Crippen molar-refractivity contribution < 1.29 is 9.50 Å². The number of rotatable bonds is 4. The van der Waals surface area contributed by atoms with E-state index in [0.717, 1.165) is 5.56 Å². The molecule has 0 aromatic heterocycles. The highest BCUT2D eigenvalue weighted by molar-refractivity contribution is 6.30. The van der Waals surface area contributed by atoms with E-state index >= 15 is 0 Å². The van der Waals surface area contributed by atoms with Crippen molar-refractivity contribution in [1.82, 2.24) is 0 Å². The fourth-order valence-electron chi connectivity index (χ4n) is 1.99. The summed E-state index contributed by atoms with van der Waals surface area (Å²) < 4.78 is 13.7. The Kier molecular flexibility index (Phi) is 4.81. The molecule has 0 saturated heterocycles. The van der Waals surface area contributed by atoms with Gasteiger partial charge in [0, 0.05) is 16.0 Å². The summed E-state index contributed by atoms with van der Waals surface area (Å²) >= 11 is 11.7. The van der Waals surface area contributed by atoms with Crippen molar-refractivity contribution >= 4 is 23.2 Å². The molecule has 1 atom stereocenters. The minimum Gasteiger partial charge on any atom is -0.396 e. The molecule has 0 aliphatic carbocycles. The Hall–Kier alpha value is -1.09. The molecule has 0 aliphatic rings. The summed E-state index contributed by atoms with van der Waals surface area (Å²) in [5.41, 5.74) is 1.42. The Morgan fingerprint density at radius 3 is 2.26 bits per heavy atom. The van der Waals surface area contributed by atoms with Crippen molar-refractivity contribution in [2.75, 3.05) is 6.61 Å². The van der Waals surface area contributed by atoms with Gasteiger partial charge in [-0.1, -0.05) is 35.3 Å². The predicted octanol–water partition coefficient (Wildman–Crippen LogP) is 4.45. The molecule has 2 rings (SSSR count). The Labute approximate surface area is 121 Å². The molecule has 0 spiro atoms. The van der Waals surface area contributed by atoms with E-state index in [9.17, 15) is 9.50 Å². The maximum Gasteiger partial charge on any atom is 0.126 e. The van der Waals surface area contributed by atoms with E-state index in [4.69, 9.17) is 23.2 Å². The number of aliphatic hydroxyl groups excluding tert-OH is 1. The lowest BCUT2D eigenvalue weighted by atomic mass is 9.92. The molecule has 0 saturated carbocycles. The van der Waals surface area contributed by atoms with Crippen LogP contribution in [-0.4, -0.2) is 11.7 Å². The second-order valence-corrected chi connectivity index (χ2v) is 5.24. The normalized spacial score (nSPS) is 12.4. The molecule has 4 heteroatoms. The van der Waals surface area contributed by atoms with Crippen molar-refractivity contribution in [1.29, 1.82) is 0 Å². The van der Waals surface area contributed by atoms with E-state index in [2.05, 4.69) is 0 Å². The molecule has 0 radical (unpaired) electrons. The van der Waals surface area contributed by atoms with Crippen LogP contribution in [0.1, 0.15) is 17.0 Å². The maximum atomic E-state index is 13.7. The van der Waals surface area contributed by atoms with Crippen LogP contribution in [0.4, 0.5) is 4.39 Å². The molecule has 0 aliphatic heterocycles. The molecular formula is C15H13Cl2FO. The zero-order valence-corrected chi connectivity index (χ0v) is 11.6. The van der Waals surface area contributed by atoms with Crippen LogP contribution in [0.3, 0.4) is 0 Å². The first-order valence-electron chi connectivity index (χ1n) is 5.90. The molecule has 2 aromatic carbocycles. The van der Waals surface area contributed by atoms with Crippen molar-refractivity contribution in [3.8, 4) is 0 Å². The van der Waals surface area contributed by atoms with Gasteiger partial charge in [0.05, 0.1) is 6.61 Å². The lowest BCUT2D eigenvalue weighted by Gasteiger charge is -2.15. The zero-order chi connectivity index (χ0) is 13.8. The fraction of sp³-hybridized carbons (Fsp3) is 0.200. The Morgan fingerprint density at radius 1 is 1.00 bits per heavy atom. The zero-order valence-electron chi connectivity index (χ0n) is 10.1. The summed E-state index contributed by atoms with van der Waals surface area (Å²) in [7, 11) is 0. The van der Waals surface area contributed by atoms with Crippen LogP contribution < -0.4 is 0 Å². The second-order valence-electron chi connectivity index (χ2n) is 4.37. The largest absolute Gasteiger partial charge is 0.396 e. The van der Waals surface area contributed by atoms with Crippen molar-refractivity contribution in [3.63, 3.8) is 0 Å². The van der Waals surface area contributed by atoms with Crippen LogP contribution in [-0.2, 0) is 6.42 Å². The van der Waals surface area contributed by atoms with Crippen LogP contribution in [0.25, 0.3) is 0 Å². The van der Waals surface area contributed by atoms with Gasteiger partial charge in [-0.3, -0.25) is 0 Å². The van der Waals surface area contributed by atoms with Gasteiger partial charge >= 0.3 is 0 Å². The summed E-state index contributed by atoms with van der Waals surface area (Å²) in [6.45, 7) is -0.0619. The van der Waals surface area contributed by atoms with Crippen LogP contribution in [0, 0.1) is 5.82 Å². The van der Waals surface area contributed by atoms with Gasteiger partial charge in [0.15, 0.2) is 0 Å². The van der Waals surface area contributed by atoms with Crippen LogP contribution in [0.5, 0.6) is 0 Å². The SMILES string of the molecule is OCC(Cc1cc(Cl)ccc1F)c1ccc(Cl)cc1. The third-order valence-corrected chi connectivity index (χ3v) is 3.52. The lowest BCUT2D eigenvalue weighted by molar-refractivity contribution is 0.263. The number of hydrogen-bond donors (Lipinski definition) is 1. The minimum atomic E-state index is -0.309. The van der Waals surface area contributed by atoms with Crippen LogP contribution >= 0.6 is 23.2 Å². The molecule has 100 valence electrons. The van der Waals surface area contributed by atoms with Crippen molar-refractivity contribution in [3.05, 3.63) is 69.5 Å². The lowest BCUT2D eigenvalue weighted by Crippen LogP contribution is -2.09. The molecule has 0 heterocycles. The smallest absolute Gasteiger partial charge is 0.126 e. The quantitative estimate of drug-likeness (QED) is 0.884. The molecule has 1 nitrogen and oxygen atoms in total. The Bertz CT molecular complexity index is 555. The second kappa shape index (κ2) is 6.38. The number of aliphatic hydroxyl groups is 1. The van der Waals surface area contributed by atoms with Gasteiger partial charge in [-0.05, 0) is 47.9 Å². The van der Waals surface area contributed by atoms with Gasteiger partial charge in [-0.2, -0.15) is 0 Å². The number of halogens is 3. The predicted molar refractivity (Wildman–Crippen MR) is 76.4 cm³/mol. The first-order chi connectivity index (χ1) is 9.10. The van der Waals surface area contributed by atoms with E-state index in [1.165, 1.54) is 12.1 Å². The van der Waals surface area contributed by atoms with Gasteiger partial charge in [-0.25, -0.2) is 4.39 Å². The summed E-state index contributed by atoms with van der Waals surface area (Å²) in [6, 6.07) is 11.6. The van der Waals surface area contributed by atoms with E-state index in [1.54, 1.807) is 18.2 Å². The van der Waals surface area contributed by atoms with Gasteiger partial charge in [0.2, 0.25) is 0 Å². The fourth-order valence-corrected chi connectivity index (χ4v) is 2.31. The van der Waals surface area contributed by atoms with Crippen LogP contribution in [0.15, 0.2) is 42.5 Å². The van der Waals surface area contributed by atoms with Gasteiger partial charge in [-0.15, -0.1) is 0 Å². The topological polar surface area (TPSA) is 20.2 Å². The summed E-state index contributed by atoms with van der Waals surface area (Å²) in [4.78, 5) is 0. The van der Waals surface area contributed by atoms with E-state index in [0.29, 0.717) is 22.0 Å². The Balaban J connectivity index is 2.23. The highest BCUT2D eigenvalue weighted by atomic mass is 35.5. The monoisotopic (exact) mass is 298 g/mol. The van der Waals surface area contributed by atoms with Crippen molar-refractivity contribution in [2.45, 2.75) is 12.3 Å². The molecule has 0 amide bonds. The number of hydrogen-bond acceptors (Lipinski definition) is 1. The summed E-state index contributed by atoms with van der Waals surface area (Å²) in [5, 5.41) is 10.6. The summed E-state index contributed by atoms with van der Waals surface area (Å²) in [5.74, 6) is -0.484. The van der Waals surface area contributed by atoms with E-state index in [1.807, 2.05) is 12.1 Å². The van der Waals surface area contributed by atoms with E-state index in [-0.39, 0.29) is 18.3 Å². The molecular weight excluding hydrogens is 286 g/mol. The van der Waals surface area contributed by atoms with Crippen LogP contribution in [0.2, 0.25) is 10.0 Å². The molecule has 19 heavy (non-hydrogen) atoms. The molecule has 1 unspecified atom stereocenters.